The number of thioether (sulfide) groups is 1. The highest BCUT2D eigenvalue weighted by atomic mass is 32.2. The van der Waals surface area contributed by atoms with E-state index in [9.17, 15) is 0 Å². The van der Waals surface area contributed by atoms with E-state index < -0.39 is 0 Å². The van der Waals surface area contributed by atoms with E-state index in [1.807, 2.05) is 24.3 Å². The third-order valence-corrected chi connectivity index (χ3v) is 3.91. The second-order valence-corrected chi connectivity index (χ2v) is 5.32. The Morgan fingerprint density at radius 1 is 1.20 bits per heavy atom. The molecule has 2 rings (SSSR count). The summed E-state index contributed by atoms with van der Waals surface area (Å²) in [5.74, 6) is 0.837. The average molecular weight is 288 g/mol. The summed E-state index contributed by atoms with van der Waals surface area (Å²) in [5, 5.41) is 3.45. The monoisotopic (exact) mass is 288 g/mol. The molecule has 0 radical (unpaired) electrons. The molecule has 0 heterocycles. The molecule has 0 saturated carbocycles. The minimum atomic E-state index is 0.0954. The fourth-order valence-electron chi connectivity index (χ4n) is 2.03. The molecule has 3 N–H and O–H groups in total. The fraction of sp³-hybridized carbons (Fsp3) is 0.250. The Morgan fingerprint density at radius 2 is 1.95 bits per heavy atom. The zero-order valence-corrected chi connectivity index (χ0v) is 12.6. The van der Waals surface area contributed by atoms with Crippen molar-refractivity contribution in [1.82, 2.24) is 0 Å². The van der Waals surface area contributed by atoms with Crippen LogP contribution in [-0.2, 0) is 0 Å². The molecule has 0 amide bonds. The van der Waals surface area contributed by atoms with Gasteiger partial charge in [-0.15, -0.1) is 11.8 Å². The number of ether oxygens (including phenoxy) is 1. The summed E-state index contributed by atoms with van der Waals surface area (Å²) in [7, 11) is 1.67. The highest BCUT2D eigenvalue weighted by Crippen LogP contribution is 2.24. The zero-order chi connectivity index (χ0) is 14.4. The Labute approximate surface area is 124 Å². The Kier molecular flexibility index (Phi) is 5.32. The predicted octanol–water partition coefficient (Wildman–Crippen LogP) is 3.53. The number of methoxy groups -OCH3 is 1. The molecule has 2 aromatic rings. The maximum absolute atomic E-state index is 5.89. The predicted molar refractivity (Wildman–Crippen MR) is 86.6 cm³/mol. The lowest BCUT2D eigenvalue weighted by Crippen LogP contribution is -2.20. The molecule has 4 heteroatoms. The number of anilines is 1. The van der Waals surface area contributed by atoms with Crippen molar-refractivity contribution in [3.63, 3.8) is 0 Å². The van der Waals surface area contributed by atoms with Gasteiger partial charge in [0.15, 0.2) is 0 Å². The van der Waals surface area contributed by atoms with Crippen LogP contribution in [0.2, 0.25) is 0 Å². The van der Waals surface area contributed by atoms with E-state index in [-0.39, 0.29) is 6.04 Å². The summed E-state index contributed by atoms with van der Waals surface area (Å²) in [6, 6.07) is 16.5. The van der Waals surface area contributed by atoms with Crippen LogP contribution >= 0.6 is 11.8 Å². The normalized spacial score (nSPS) is 11.9. The van der Waals surface area contributed by atoms with Crippen molar-refractivity contribution in [1.29, 1.82) is 0 Å². The molecular weight excluding hydrogens is 268 g/mol. The van der Waals surface area contributed by atoms with Gasteiger partial charge < -0.3 is 15.8 Å². The van der Waals surface area contributed by atoms with Crippen molar-refractivity contribution < 1.29 is 4.74 Å². The Balaban J connectivity index is 2.14. The van der Waals surface area contributed by atoms with Crippen LogP contribution in [0.15, 0.2) is 53.4 Å². The molecule has 1 atom stereocenters. The summed E-state index contributed by atoms with van der Waals surface area (Å²) in [4.78, 5) is 1.26. The van der Waals surface area contributed by atoms with Crippen LogP contribution in [0.5, 0.6) is 5.75 Å². The number of rotatable bonds is 6. The summed E-state index contributed by atoms with van der Waals surface area (Å²) in [5.41, 5.74) is 8.09. The third-order valence-electron chi connectivity index (χ3n) is 3.16. The van der Waals surface area contributed by atoms with E-state index >= 15 is 0 Å². The summed E-state index contributed by atoms with van der Waals surface area (Å²) in [6.07, 6.45) is 2.07. The van der Waals surface area contributed by atoms with Crippen LogP contribution < -0.4 is 15.8 Å². The van der Waals surface area contributed by atoms with Gasteiger partial charge in [-0.3, -0.25) is 0 Å². The first kappa shape index (κ1) is 14.8. The largest absolute Gasteiger partial charge is 0.497 e. The molecule has 0 spiro atoms. The number of benzene rings is 2. The maximum Gasteiger partial charge on any atom is 0.120 e. The molecule has 20 heavy (non-hydrogen) atoms. The van der Waals surface area contributed by atoms with Gasteiger partial charge >= 0.3 is 0 Å². The molecule has 0 aliphatic heterocycles. The Bertz CT molecular complexity index is 542. The smallest absolute Gasteiger partial charge is 0.120 e. The van der Waals surface area contributed by atoms with E-state index in [2.05, 4.69) is 35.8 Å². The fourth-order valence-corrected chi connectivity index (χ4v) is 2.44. The molecule has 2 aromatic carbocycles. The Hall–Kier alpha value is -1.65. The first-order valence-corrected chi connectivity index (χ1v) is 7.74. The van der Waals surface area contributed by atoms with Crippen LogP contribution in [0.25, 0.3) is 0 Å². The summed E-state index contributed by atoms with van der Waals surface area (Å²) >= 11 is 1.74. The van der Waals surface area contributed by atoms with Crippen LogP contribution in [0.1, 0.15) is 11.6 Å². The van der Waals surface area contributed by atoms with E-state index in [0.29, 0.717) is 6.54 Å². The van der Waals surface area contributed by atoms with Crippen molar-refractivity contribution in [2.24, 2.45) is 5.73 Å². The summed E-state index contributed by atoms with van der Waals surface area (Å²) in [6.45, 7) is 0.538. The first-order valence-electron chi connectivity index (χ1n) is 6.51. The SMILES string of the molecule is COc1cccc(NC(CN)c2ccc(SC)cc2)c1. The van der Waals surface area contributed by atoms with E-state index in [0.717, 1.165) is 11.4 Å². The van der Waals surface area contributed by atoms with Crippen molar-refractivity contribution in [3.8, 4) is 5.75 Å². The van der Waals surface area contributed by atoms with Gasteiger partial charge in [0.1, 0.15) is 5.75 Å². The minimum absolute atomic E-state index is 0.0954. The molecule has 0 aliphatic carbocycles. The maximum atomic E-state index is 5.89. The third kappa shape index (κ3) is 3.68. The topological polar surface area (TPSA) is 47.3 Å². The van der Waals surface area contributed by atoms with Gasteiger partial charge in [0, 0.05) is 23.2 Å². The lowest BCUT2D eigenvalue weighted by Gasteiger charge is -2.19. The van der Waals surface area contributed by atoms with Crippen molar-refractivity contribution in [2.75, 3.05) is 25.2 Å². The number of hydrogen-bond acceptors (Lipinski definition) is 4. The van der Waals surface area contributed by atoms with Gasteiger partial charge in [-0.1, -0.05) is 18.2 Å². The van der Waals surface area contributed by atoms with E-state index in [1.165, 1.54) is 10.5 Å². The highest BCUT2D eigenvalue weighted by Gasteiger charge is 2.09. The molecule has 1 unspecified atom stereocenters. The van der Waals surface area contributed by atoms with E-state index in [1.54, 1.807) is 18.9 Å². The number of hydrogen-bond donors (Lipinski definition) is 2. The highest BCUT2D eigenvalue weighted by molar-refractivity contribution is 7.98. The summed E-state index contributed by atoms with van der Waals surface area (Å²) < 4.78 is 5.23. The van der Waals surface area contributed by atoms with Crippen molar-refractivity contribution in [2.45, 2.75) is 10.9 Å². The Morgan fingerprint density at radius 3 is 2.55 bits per heavy atom. The number of nitrogens with two attached hydrogens (primary N) is 1. The second kappa shape index (κ2) is 7.22. The van der Waals surface area contributed by atoms with Gasteiger partial charge in [-0.2, -0.15) is 0 Å². The molecule has 3 nitrogen and oxygen atoms in total. The number of nitrogens with one attached hydrogen (secondary N) is 1. The molecule has 0 bridgehead atoms. The second-order valence-electron chi connectivity index (χ2n) is 4.44. The molecular formula is C16H20N2OS. The van der Waals surface area contributed by atoms with Gasteiger partial charge in [0.25, 0.3) is 0 Å². The lowest BCUT2D eigenvalue weighted by molar-refractivity contribution is 0.415. The van der Waals surface area contributed by atoms with Gasteiger partial charge in [0.05, 0.1) is 13.2 Å². The lowest BCUT2D eigenvalue weighted by atomic mass is 10.1. The first-order chi connectivity index (χ1) is 9.76. The quantitative estimate of drug-likeness (QED) is 0.798. The molecule has 106 valence electrons. The molecule has 0 aliphatic rings. The van der Waals surface area contributed by atoms with Crippen LogP contribution in [-0.4, -0.2) is 19.9 Å². The van der Waals surface area contributed by atoms with Gasteiger partial charge in [-0.05, 0) is 36.1 Å². The van der Waals surface area contributed by atoms with Crippen LogP contribution in [0, 0.1) is 0 Å². The van der Waals surface area contributed by atoms with Gasteiger partial charge in [0.2, 0.25) is 0 Å². The standard InChI is InChI=1S/C16H20N2OS/c1-19-14-5-3-4-13(10-14)18-16(11-17)12-6-8-15(20-2)9-7-12/h3-10,16,18H,11,17H2,1-2H3. The van der Waals surface area contributed by atoms with Gasteiger partial charge in [-0.25, -0.2) is 0 Å². The minimum Gasteiger partial charge on any atom is -0.497 e. The van der Waals surface area contributed by atoms with Crippen LogP contribution in [0.3, 0.4) is 0 Å². The van der Waals surface area contributed by atoms with Crippen LogP contribution in [0.4, 0.5) is 5.69 Å². The molecule has 0 saturated heterocycles. The zero-order valence-electron chi connectivity index (χ0n) is 11.8. The average Bonchev–Trinajstić information content (AvgIpc) is 2.53. The molecule has 0 aromatic heterocycles. The van der Waals surface area contributed by atoms with Crippen molar-refractivity contribution >= 4 is 17.4 Å². The molecule has 0 fully saturated rings. The van der Waals surface area contributed by atoms with Crippen molar-refractivity contribution in [3.05, 3.63) is 54.1 Å². The van der Waals surface area contributed by atoms with E-state index in [4.69, 9.17) is 10.5 Å².